The zero-order chi connectivity index (χ0) is 19.4. The average Bonchev–Trinajstić information content (AvgIpc) is 3.01. The van der Waals surface area contributed by atoms with Crippen LogP contribution < -0.4 is 10.6 Å². The van der Waals surface area contributed by atoms with Crippen molar-refractivity contribution in [2.75, 3.05) is 11.9 Å². The number of hydrogen-bond acceptors (Lipinski definition) is 2. The number of halogens is 1. The fourth-order valence-electron chi connectivity index (χ4n) is 2.92. The maximum Gasteiger partial charge on any atom is 0.280 e. The molecule has 0 radical (unpaired) electrons. The highest BCUT2D eigenvalue weighted by atomic mass is 35.5. The zero-order valence-corrected chi connectivity index (χ0v) is 16.5. The molecule has 0 aliphatic heterocycles. The highest BCUT2D eigenvalue weighted by molar-refractivity contribution is 6.31. The van der Waals surface area contributed by atoms with E-state index in [9.17, 15) is 4.79 Å². The summed E-state index contributed by atoms with van der Waals surface area (Å²) in [5.41, 5.74) is 3.96. The number of nitrogens with one attached hydrogen (secondary N) is 1. The third-order valence-corrected chi connectivity index (χ3v) is 4.77. The van der Waals surface area contributed by atoms with Crippen LogP contribution in [0, 0.1) is 13.8 Å². The van der Waals surface area contributed by atoms with Crippen molar-refractivity contribution >= 4 is 23.3 Å². The fourth-order valence-corrected chi connectivity index (χ4v) is 3.23. The van der Waals surface area contributed by atoms with Crippen molar-refractivity contribution in [2.45, 2.75) is 26.8 Å². The molecular weight excluding hydrogens is 360 g/mol. The Kier molecular flexibility index (Phi) is 5.94. The molecule has 27 heavy (non-hydrogen) atoms. The van der Waals surface area contributed by atoms with Gasteiger partial charge >= 0.3 is 0 Å². The summed E-state index contributed by atoms with van der Waals surface area (Å²) < 4.78 is 1.75. The van der Waals surface area contributed by atoms with Gasteiger partial charge in [0.25, 0.3) is 5.91 Å². The van der Waals surface area contributed by atoms with Gasteiger partial charge in [-0.1, -0.05) is 47.5 Å². The van der Waals surface area contributed by atoms with Gasteiger partial charge in [0.1, 0.15) is 11.9 Å². The summed E-state index contributed by atoms with van der Waals surface area (Å²) in [4.78, 5) is 12.5. The number of carbonyl (C=O) groups excluding carboxylic acids is 1. The van der Waals surface area contributed by atoms with Crippen molar-refractivity contribution in [2.24, 2.45) is 0 Å². The number of nitrogens with two attached hydrogens (primary N) is 1. The number of anilines is 1. The Balaban J connectivity index is 1.66. The number of quaternary nitrogens is 1. The number of carbonyl (C=O) groups is 1. The Labute approximate surface area is 164 Å². The Bertz CT molecular complexity index is 934. The third kappa shape index (κ3) is 4.76. The molecule has 1 heterocycles. The summed E-state index contributed by atoms with van der Waals surface area (Å²) >= 11 is 6.23. The van der Waals surface area contributed by atoms with Crippen molar-refractivity contribution in [3.05, 3.63) is 76.4 Å². The Morgan fingerprint density at radius 1 is 1.19 bits per heavy atom. The van der Waals surface area contributed by atoms with E-state index < -0.39 is 0 Å². The van der Waals surface area contributed by atoms with Gasteiger partial charge in [0.2, 0.25) is 0 Å². The number of aryl methyl sites for hydroxylation is 2. The van der Waals surface area contributed by atoms with Crippen LogP contribution in [0.1, 0.15) is 29.8 Å². The fraction of sp³-hybridized carbons (Fsp3) is 0.238. The van der Waals surface area contributed by atoms with E-state index in [0.717, 1.165) is 22.0 Å². The number of amides is 1. The summed E-state index contributed by atoms with van der Waals surface area (Å²) in [6.45, 7) is 6.28. The normalized spacial score (nSPS) is 12.0. The standard InChI is InChI=1S/C21H23ClN4O/c1-14-8-10-17(11-9-14)26-20(12-15(2)25-26)24-21(27)13-23-16(3)18-6-4-5-7-19(18)22/h4-12,16,23H,13H2,1-3H3,(H,24,27)/p+1/t16-/m1/s1. The molecule has 3 rings (SSSR count). The van der Waals surface area contributed by atoms with E-state index in [1.807, 2.05) is 80.7 Å². The molecule has 6 heteroatoms. The van der Waals surface area contributed by atoms with E-state index in [4.69, 9.17) is 11.6 Å². The minimum absolute atomic E-state index is 0.0813. The molecule has 3 N–H and O–H groups in total. The summed E-state index contributed by atoms with van der Waals surface area (Å²) in [6.07, 6.45) is 0. The molecule has 140 valence electrons. The monoisotopic (exact) mass is 383 g/mol. The van der Waals surface area contributed by atoms with Crippen LogP contribution in [-0.2, 0) is 4.79 Å². The molecular formula is C21H24ClN4O+. The smallest absolute Gasteiger partial charge is 0.280 e. The molecule has 0 saturated heterocycles. The number of benzene rings is 2. The molecule has 0 unspecified atom stereocenters. The topological polar surface area (TPSA) is 63.5 Å². The largest absolute Gasteiger partial charge is 0.332 e. The van der Waals surface area contributed by atoms with Gasteiger partial charge in [0.05, 0.1) is 11.4 Å². The minimum atomic E-state index is -0.0813. The maximum atomic E-state index is 12.5. The Morgan fingerprint density at radius 2 is 1.89 bits per heavy atom. The molecule has 0 saturated carbocycles. The Morgan fingerprint density at radius 3 is 2.59 bits per heavy atom. The van der Waals surface area contributed by atoms with Crippen molar-refractivity contribution in [1.29, 1.82) is 0 Å². The van der Waals surface area contributed by atoms with Crippen molar-refractivity contribution in [1.82, 2.24) is 9.78 Å². The van der Waals surface area contributed by atoms with Gasteiger partial charge in [-0.25, -0.2) is 4.68 Å². The first-order chi connectivity index (χ1) is 12.9. The SMILES string of the molecule is Cc1ccc(-n2nc(C)cc2NC(=O)C[NH2+][C@H](C)c2ccccc2Cl)cc1. The van der Waals surface area contributed by atoms with Gasteiger partial charge in [-0.05, 0) is 39.0 Å². The number of hydrogen-bond donors (Lipinski definition) is 2. The second-order valence-corrected chi connectivity index (χ2v) is 7.12. The lowest BCUT2D eigenvalue weighted by molar-refractivity contribution is -0.682. The van der Waals surface area contributed by atoms with E-state index in [-0.39, 0.29) is 11.9 Å². The van der Waals surface area contributed by atoms with Gasteiger partial charge in [-0.3, -0.25) is 4.79 Å². The van der Waals surface area contributed by atoms with Gasteiger partial charge in [0, 0.05) is 16.7 Å². The Hall–Kier alpha value is -2.63. The van der Waals surface area contributed by atoms with E-state index in [1.165, 1.54) is 5.56 Å². The first-order valence-electron chi connectivity index (χ1n) is 8.95. The van der Waals surface area contributed by atoms with Crippen molar-refractivity contribution < 1.29 is 10.1 Å². The lowest BCUT2D eigenvalue weighted by Gasteiger charge is -2.13. The van der Waals surface area contributed by atoms with Crippen LogP contribution in [0.25, 0.3) is 5.69 Å². The third-order valence-electron chi connectivity index (χ3n) is 4.43. The minimum Gasteiger partial charge on any atom is -0.332 e. The predicted molar refractivity (Wildman–Crippen MR) is 108 cm³/mol. The molecule has 1 amide bonds. The molecule has 0 fully saturated rings. The molecule has 0 bridgehead atoms. The quantitative estimate of drug-likeness (QED) is 0.685. The summed E-state index contributed by atoms with van der Waals surface area (Å²) in [6, 6.07) is 17.7. The van der Waals surface area contributed by atoms with Crippen LogP contribution in [0.4, 0.5) is 5.82 Å². The zero-order valence-electron chi connectivity index (χ0n) is 15.7. The molecule has 1 aromatic heterocycles. The van der Waals surface area contributed by atoms with Crippen LogP contribution in [-0.4, -0.2) is 22.2 Å². The lowest BCUT2D eigenvalue weighted by atomic mass is 10.1. The van der Waals surface area contributed by atoms with E-state index in [1.54, 1.807) is 4.68 Å². The molecule has 0 spiro atoms. The van der Waals surface area contributed by atoms with Gasteiger partial charge in [-0.2, -0.15) is 5.10 Å². The molecule has 0 aliphatic rings. The van der Waals surface area contributed by atoms with Crippen LogP contribution in [0.15, 0.2) is 54.6 Å². The highest BCUT2D eigenvalue weighted by Gasteiger charge is 2.16. The number of nitrogens with zero attached hydrogens (tertiary/aromatic N) is 2. The number of aromatic nitrogens is 2. The van der Waals surface area contributed by atoms with Gasteiger partial charge in [-0.15, -0.1) is 0 Å². The molecule has 2 aromatic carbocycles. The molecule has 1 atom stereocenters. The van der Waals surface area contributed by atoms with Crippen molar-refractivity contribution in [3.8, 4) is 5.69 Å². The van der Waals surface area contributed by atoms with Crippen molar-refractivity contribution in [3.63, 3.8) is 0 Å². The van der Waals surface area contributed by atoms with Gasteiger partial charge < -0.3 is 10.6 Å². The first kappa shape index (κ1) is 19.1. The lowest BCUT2D eigenvalue weighted by Crippen LogP contribution is -2.86. The first-order valence-corrected chi connectivity index (χ1v) is 9.33. The molecule has 5 nitrogen and oxygen atoms in total. The molecule has 0 aliphatic carbocycles. The molecule has 3 aromatic rings. The second kappa shape index (κ2) is 8.37. The van der Waals surface area contributed by atoms with Crippen LogP contribution >= 0.6 is 11.6 Å². The van der Waals surface area contributed by atoms with E-state index >= 15 is 0 Å². The van der Waals surface area contributed by atoms with Crippen LogP contribution in [0.2, 0.25) is 5.02 Å². The maximum absolute atomic E-state index is 12.5. The number of rotatable bonds is 6. The summed E-state index contributed by atoms with van der Waals surface area (Å²) in [7, 11) is 0. The van der Waals surface area contributed by atoms with Gasteiger partial charge in [0.15, 0.2) is 6.54 Å². The predicted octanol–water partition coefficient (Wildman–Crippen LogP) is 3.41. The second-order valence-electron chi connectivity index (χ2n) is 6.72. The van der Waals surface area contributed by atoms with Crippen LogP contribution in [0.3, 0.4) is 0 Å². The summed E-state index contributed by atoms with van der Waals surface area (Å²) in [5, 5.41) is 10.1. The summed E-state index contributed by atoms with van der Waals surface area (Å²) in [5.74, 6) is 0.585. The van der Waals surface area contributed by atoms with E-state index in [2.05, 4.69) is 10.4 Å². The van der Waals surface area contributed by atoms with E-state index in [0.29, 0.717) is 12.4 Å². The van der Waals surface area contributed by atoms with Crippen LogP contribution in [0.5, 0.6) is 0 Å². The highest BCUT2D eigenvalue weighted by Crippen LogP contribution is 2.20. The average molecular weight is 384 g/mol.